The van der Waals surface area contributed by atoms with Gasteiger partial charge in [-0.2, -0.15) is 0 Å². The lowest BCUT2D eigenvalue weighted by molar-refractivity contribution is -0.124. The minimum atomic E-state index is -0.205. The number of nitrogens with zero attached hydrogens (tertiary/aromatic N) is 2. The zero-order valence-electron chi connectivity index (χ0n) is 13.7. The lowest BCUT2D eigenvalue weighted by atomic mass is 9.93. The van der Waals surface area contributed by atoms with Crippen LogP contribution in [0.15, 0.2) is 34.7 Å². The summed E-state index contributed by atoms with van der Waals surface area (Å²) in [6, 6.07) is 10.3. The number of amides is 1. The van der Waals surface area contributed by atoms with Crippen molar-refractivity contribution in [3.63, 3.8) is 0 Å². The molecule has 23 heavy (non-hydrogen) atoms. The highest BCUT2D eigenvalue weighted by atomic mass is 16.4. The summed E-state index contributed by atoms with van der Waals surface area (Å²) in [7, 11) is 0. The molecule has 0 spiro atoms. The van der Waals surface area contributed by atoms with E-state index in [-0.39, 0.29) is 11.8 Å². The van der Waals surface area contributed by atoms with Gasteiger partial charge in [-0.3, -0.25) is 9.69 Å². The molecule has 122 valence electrons. The Balaban J connectivity index is 1.77. The number of oxazole rings is 1. The van der Waals surface area contributed by atoms with Crippen LogP contribution in [0.2, 0.25) is 0 Å². The number of primary amides is 1. The van der Waals surface area contributed by atoms with Crippen molar-refractivity contribution in [1.82, 2.24) is 9.88 Å². The molecule has 1 aliphatic heterocycles. The van der Waals surface area contributed by atoms with E-state index < -0.39 is 0 Å². The Morgan fingerprint density at radius 1 is 1.35 bits per heavy atom. The molecule has 3 rings (SSSR count). The minimum absolute atomic E-state index is 0.0630. The van der Waals surface area contributed by atoms with Gasteiger partial charge in [-0.15, -0.1) is 0 Å². The van der Waals surface area contributed by atoms with Gasteiger partial charge in [0.05, 0.1) is 11.6 Å². The molecular weight excluding hydrogens is 290 g/mol. The van der Waals surface area contributed by atoms with Gasteiger partial charge in [-0.1, -0.05) is 18.2 Å². The number of likely N-dealkylation sites (tertiary alicyclic amines) is 1. The van der Waals surface area contributed by atoms with Gasteiger partial charge in [0.1, 0.15) is 5.76 Å². The summed E-state index contributed by atoms with van der Waals surface area (Å²) in [5, 5.41) is 0. The normalized spacial score (nSPS) is 22.2. The number of benzene rings is 1. The van der Waals surface area contributed by atoms with E-state index in [1.54, 1.807) is 0 Å². The Morgan fingerprint density at radius 2 is 2.09 bits per heavy atom. The maximum absolute atomic E-state index is 11.5. The molecule has 5 heteroatoms. The van der Waals surface area contributed by atoms with E-state index in [0.29, 0.717) is 25.0 Å². The molecule has 2 heterocycles. The summed E-state index contributed by atoms with van der Waals surface area (Å²) in [6.45, 7) is 5.51. The number of carbonyl (C=O) groups is 1. The molecule has 1 aliphatic rings. The van der Waals surface area contributed by atoms with Gasteiger partial charge in [0.15, 0.2) is 0 Å². The van der Waals surface area contributed by atoms with Crippen molar-refractivity contribution in [3.05, 3.63) is 41.8 Å². The summed E-state index contributed by atoms with van der Waals surface area (Å²) < 4.78 is 5.82. The lowest BCUT2D eigenvalue weighted by Gasteiger charge is -2.36. The first-order chi connectivity index (χ1) is 11.0. The molecule has 5 nitrogen and oxygen atoms in total. The third-order valence-electron chi connectivity index (χ3n) is 4.68. The van der Waals surface area contributed by atoms with Gasteiger partial charge >= 0.3 is 0 Å². The van der Waals surface area contributed by atoms with E-state index in [4.69, 9.17) is 10.2 Å². The first-order valence-corrected chi connectivity index (χ1v) is 8.09. The standard InChI is InChI=1S/C18H23N3O2/c1-12-8-9-15(17(19)22)10-21(12)11-16-13(2)23-18(20-16)14-6-4-3-5-7-14/h3-7,12,15H,8-11H2,1-2H3,(H2,19,22)/t12-,15+/m1/s1. The highest BCUT2D eigenvalue weighted by Crippen LogP contribution is 2.26. The Bertz CT molecular complexity index is 681. The van der Waals surface area contributed by atoms with Gasteiger partial charge in [-0.05, 0) is 38.8 Å². The third-order valence-corrected chi connectivity index (χ3v) is 4.68. The zero-order valence-corrected chi connectivity index (χ0v) is 13.7. The van der Waals surface area contributed by atoms with Crippen LogP contribution in [0, 0.1) is 12.8 Å². The van der Waals surface area contributed by atoms with Crippen molar-refractivity contribution in [2.24, 2.45) is 11.7 Å². The molecule has 1 aromatic heterocycles. The van der Waals surface area contributed by atoms with E-state index in [1.807, 2.05) is 37.3 Å². The monoisotopic (exact) mass is 313 g/mol. The first kappa shape index (κ1) is 15.7. The van der Waals surface area contributed by atoms with E-state index in [2.05, 4.69) is 16.8 Å². The van der Waals surface area contributed by atoms with Crippen molar-refractivity contribution >= 4 is 5.91 Å². The molecule has 1 aromatic carbocycles. The molecule has 1 saturated heterocycles. The predicted molar refractivity (Wildman–Crippen MR) is 88.5 cm³/mol. The molecule has 1 fully saturated rings. The molecule has 0 aliphatic carbocycles. The number of nitrogens with two attached hydrogens (primary N) is 1. The van der Waals surface area contributed by atoms with Crippen molar-refractivity contribution in [2.75, 3.05) is 6.54 Å². The van der Waals surface area contributed by atoms with Crippen LogP contribution in [0.5, 0.6) is 0 Å². The summed E-state index contributed by atoms with van der Waals surface area (Å²) in [6.07, 6.45) is 1.86. The van der Waals surface area contributed by atoms with Crippen molar-refractivity contribution in [3.8, 4) is 11.5 Å². The maximum atomic E-state index is 11.5. The van der Waals surface area contributed by atoms with Gasteiger partial charge < -0.3 is 10.2 Å². The predicted octanol–water partition coefficient (Wildman–Crippen LogP) is 2.74. The SMILES string of the molecule is Cc1oc(-c2ccccc2)nc1CN1C[C@@H](C(N)=O)CC[C@H]1C. The van der Waals surface area contributed by atoms with Crippen molar-refractivity contribution in [2.45, 2.75) is 39.3 Å². The maximum Gasteiger partial charge on any atom is 0.226 e. The molecule has 0 saturated carbocycles. The molecule has 1 amide bonds. The molecular formula is C18H23N3O2. The number of piperidine rings is 1. The average molecular weight is 313 g/mol. The average Bonchev–Trinajstić information content (AvgIpc) is 2.91. The summed E-state index contributed by atoms with van der Waals surface area (Å²) in [5.74, 6) is 1.21. The van der Waals surface area contributed by atoms with E-state index in [0.717, 1.165) is 29.9 Å². The summed E-state index contributed by atoms with van der Waals surface area (Å²) in [4.78, 5) is 18.4. The van der Waals surface area contributed by atoms with E-state index in [9.17, 15) is 4.79 Å². The number of hydrogen-bond donors (Lipinski definition) is 1. The van der Waals surface area contributed by atoms with Crippen LogP contribution < -0.4 is 5.73 Å². The van der Waals surface area contributed by atoms with Crippen LogP contribution in [-0.4, -0.2) is 28.4 Å². The van der Waals surface area contributed by atoms with Crippen molar-refractivity contribution < 1.29 is 9.21 Å². The van der Waals surface area contributed by atoms with Crippen LogP contribution in [0.25, 0.3) is 11.5 Å². The second kappa shape index (κ2) is 6.54. The number of rotatable bonds is 4. The van der Waals surface area contributed by atoms with Gasteiger partial charge in [0, 0.05) is 24.7 Å². The minimum Gasteiger partial charge on any atom is -0.441 e. The summed E-state index contributed by atoms with van der Waals surface area (Å²) >= 11 is 0. The highest BCUT2D eigenvalue weighted by Gasteiger charge is 2.29. The fraction of sp³-hybridized carbons (Fsp3) is 0.444. The van der Waals surface area contributed by atoms with Crippen molar-refractivity contribution in [1.29, 1.82) is 0 Å². The Hall–Kier alpha value is -2.14. The summed E-state index contributed by atoms with van der Waals surface area (Å²) in [5.41, 5.74) is 7.39. The van der Waals surface area contributed by atoms with E-state index >= 15 is 0 Å². The fourth-order valence-corrected chi connectivity index (χ4v) is 3.10. The molecule has 2 N–H and O–H groups in total. The van der Waals surface area contributed by atoms with Crippen LogP contribution in [0.3, 0.4) is 0 Å². The highest BCUT2D eigenvalue weighted by molar-refractivity contribution is 5.77. The van der Waals surface area contributed by atoms with Crippen LogP contribution in [0.1, 0.15) is 31.2 Å². The molecule has 2 atom stereocenters. The van der Waals surface area contributed by atoms with Crippen LogP contribution in [-0.2, 0) is 11.3 Å². The quantitative estimate of drug-likeness (QED) is 0.942. The van der Waals surface area contributed by atoms with Gasteiger partial charge in [0.2, 0.25) is 11.8 Å². The molecule has 0 radical (unpaired) electrons. The number of hydrogen-bond acceptors (Lipinski definition) is 4. The second-order valence-electron chi connectivity index (χ2n) is 6.34. The largest absolute Gasteiger partial charge is 0.441 e. The Labute approximate surface area is 136 Å². The number of aryl methyl sites for hydroxylation is 1. The van der Waals surface area contributed by atoms with Crippen LogP contribution in [0.4, 0.5) is 0 Å². The smallest absolute Gasteiger partial charge is 0.226 e. The number of carbonyl (C=O) groups excluding carboxylic acids is 1. The molecule has 0 unspecified atom stereocenters. The fourth-order valence-electron chi connectivity index (χ4n) is 3.10. The lowest BCUT2D eigenvalue weighted by Crippen LogP contribution is -2.45. The van der Waals surface area contributed by atoms with Gasteiger partial charge in [0.25, 0.3) is 0 Å². The Morgan fingerprint density at radius 3 is 2.78 bits per heavy atom. The van der Waals surface area contributed by atoms with Gasteiger partial charge in [-0.25, -0.2) is 4.98 Å². The molecule has 2 aromatic rings. The third kappa shape index (κ3) is 3.45. The first-order valence-electron chi connectivity index (χ1n) is 8.09. The zero-order chi connectivity index (χ0) is 16.4. The van der Waals surface area contributed by atoms with E-state index in [1.165, 1.54) is 0 Å². The second-order valence-corrected chi connectivity index (χ2v) is 6.34. The number of aromatic nitrogens is 1. The van der Waals surface area contributed by atoms with Crippen LogP contribution >= 0.6 is 0 Å². The molecule has 0 bridgehead atoms. The topological polar surface area (TPSA) is 72.4 Å². The Kier molecular flexibility index (Phi) is 4.48.